The summed E-state index contributed by atoms with van der Waals surface area (Å²) in [5.41, 5.74) is 0. The van der Waals surface area contributed by atoms with Gasteiger partial charge < -0.3 is 5.32 Å². The number of hydrogen-bond donors (Lipinski definition) is 1. The minimum atomic E-state index is 0.748. The Morgan fingerprint density at radius 2 is 1.90 bits per heavy atom. The zero-order chi connectivity index (χ0) is 13.9. The van der Waals surface area contributed by atoms with Crippen LogP contribution in [0.4, 0.5) is 0 Å². The first-order chi connectivity index (χ1) is 9.79. The molecule has 0 aromatic heterocycles. The van der Waals surface area contributed by atoms with E-state index in [0.717, 1.165) is 24.2 Å². The van der Waals surface area contributed by atoms with Crippen molar-refractivity contribution in [2.24, 2.45) is 0 Å². The van der Waals surface area contributed by atoms with Crippen molar-refractivity contribution in [1.82, 2.24) is 15.1 Å². The average Bonchev–Trinajstić information content (AvgIpc) is 2.91. The maximum absolute atomic E-state index is 3.84. The highest BCUT2D eigenvalue weighted by molar-refractivity contribution is 4.97. The van der Waals surface area contributed by atoms with Gasteiger partial charge in [0.25, 0.3) is 0 Å². The van der Waals surface area contributed by atoms with Crippen molar-refractivity contribution in [2.45, 2.75) is 83.0 Å². The SMILES string of the molecule is CCCNC1CCCCC1N1CC2CCCN2CC1C. The largest absolute Gasteiger partial charge is 0.312 e. The van der Waals surface area contributed by atoms with Gasteiger partial charge in [-0.2, -0.15) is 0 Å². The summed E-state index contributed by atoms with van der Waals surface area (Å²) in [5.74, 6) is 0. The summed E-state index contributed by atoms with van der Waals surface area (Å²) in [4.78, 5) is 5.62. The first kappa shape index (κ1) is 14.8. The van der Waals surface area contributed by atoms with Crippen molar-refractivity contribution in [1.29, 1.82) is 0 Å². The molecule has 0 aromatic rings. The van der Waals surface area contributed by atoms with Gasteiger partial charge in [0.05, 0.1) is 0 Å². The molecule has 0 aromatic carbocycles. The van der Waals surface area contributed by atoms with Crippen molar-refractivity contribution in [3.63, 3.8) is 0 Å². The second kappa shape index (κ2) is 6.76. The van der Waals surface area contributed by atoms with Gasteiger partial charge in [0, 0.05) is 37.3 Å². The molecule has 4 atom stereocenters. The van der Waals surface area contributed by atoms with E-state index < -0.39 is 0 Å². The Kier molecular flexibility index (Phi) is 5.00. The molecule has 3 rings (SSSR count). The van der Waals surface area contributed by atoms with Crippen LogP contribution in [0.15, 0.2) is 0 Å². The summed E-state index contributed by atoms with van der Waals surface area (Å²) >= 11 is 0. The molecule has 2 heterocycles. The van der Waals surface area contributed by atoms with Crippen molar-refractivity contribution in [2.75, 3.05) is 26.2 Å². The molecule has 0 radical (unpaired) electrons. The van der Waals surface area contributed by atoms with Gasteiger partial charge in [0.2, 0.25) is 0 Å². The number of piperazine rings is 1. The molecule has 3 nitrogen and oxygen atoms in total. The Morgan fingerprint density at radius 3 is 2.75 bits per heavy atom. The van der Waals surface area contributed by atoms with E-state index in [0.29, 0.717) is 0 Å². The van der Waals surface area contributed by atoms with E-state index in [1.807, 2.05) is 0 Å². The molecule has 1 saturated carbocycles. The van der Waals surface area contributed by atoms with Gasteiger partial charge in [-0.25, -0.2) is 0 Å². The average molecular weight is 279 g/mol. The first-order valence-electron chi connectivity index (χ1n) is 9.02. The number of nitrogens with zero attached hydrogens (tertiary/aromatic N) is 2. The van der Waals surface area contributed by atoms with Gasteiger partial charge in [0.1, 0.15) is 0 Å². The number of nitrogens with one attached hydrogen (secondary N) is 1. The lowest BCUT2D eigenvalue weighted by atomic mass is 9.87. The fraction of sp³-hybridized carbons (Fsp3) is 1.00. The molecule has 20 heavy (non-hydrogen) atoms. The summed E-state index contributed by atoms with van der Waals surface area (Å²) < 4.78 is 0. The predicted molar refractivity (Wildman–Crippen MR) is 85.1 cm³/mol. The molecule has 0 bridgehead atoms. The fourth-order valence-corrected chi connectivity index (χ4v) is 4.75. The lowest BCUT2D eigenvalue weighted by Gasteiger charge is -2.49. The van der Waals surface area contributed by atoms with Crippen LogP contribution in [0.25, 0.3) is 0 Å². The molecule has 0 amide bonds. The number of fused-ring (bicyclic) bond motifs is 1. The third-order valence-corrected chi connectivity index (χ3v) is 5.80. The quantitative estimate of drug-likeness (QED) is 0.853. The van der Waals surface area contributed by atoms with Crippen LogP contribution in [-0.4, -0.2) is 60.1 Å². The lowest BCUT2D eigenvalue weighted by Crippen LogP contribution is -2.62. The van der Waals surface area contributed by atoms with E-state index in [-0.39, 0.29) is 0 Å². The fourth-order valence-electron chi connectivity index (χ4n) is 4.75. The monoisotopic (exact) mass is 279 g/mol. The summed E-state index contributed by atoms with van der Waals surface area (Å²) in [6.07, 6.45) is 9.79. The van der Waals surface area contributed by atoms with Crippen molar-refractivity contribution < 1.29 is 0 Å². The van der Waals surface area contributed by atoms with Crippen LogP contribution >= 0.6 is 0 Å². The number of hydrogen-bond acceptors (Lipinski definition) is 3. The molecule has 4 unspecified atom stereocenters. The zero-order valence-electron chi connectivity index (χ0n) is 13.5. The third-order valence-electron chi connectivity index (χ3n) is 5.80. The minimum absolute atomic E-state index is 0.748. The minimum Gasteiger partial charge on any atom is -0.312 e. The van der Waals surface area contributed by atoms with E-state index in [2.05, 4.69) is 29.0 Å². The van der Waals surface area contributed by atoms with Crippen LogP contribution in [0.3, 0.4) is 0 Å². The Morgan fingerprint density at radius 1 is 1.05 bits per heavy atom. The van der Waals surface area contributed by atoms with E-state index in [1.165, 1.54) is 71.1 Å². The van der Waals surface area contributed by atoms with Crippen molar-refractivity contribution in [3.8, 4) is 0 Å². The zero-order valence-corrected chi connectivity index (χ0v) is 13.5. The molecule has 2 saturated heterocycles. The smallest absolute Gasteiger partial charge is 0.0253 e. The lowest BCUT2D eigenvalue weighted by molar-refractivity contribution is 0.00408. The van der Waals surface area contributed by atoms with Gasteiger partial charge in [-0.1, -0.05) is 19.8 Å². The third kappa shape index (κ3) is 3.05. The summed E-state index contributed by atoms with van der Waals surface area (Å²) in [6, 6.07) is 3.16. The van der Waals surface area contributed by atoms with Gasteiger partial charge in [-0.3, -0.25) is 9.80 Å². The van der Waals surface area contributed by atoms with E-state index >= 15 is 0 Å². The van der Waals surface area contributed by atoms with Gasteiger partial charge in [0.15, 0.2) is 0 Å². The molecular weight excluding hydrogens is 246 g/mol. The van der Waals surface area contributed by atoms with Crippen LogP contribution < -0.4 is 5.32 Å². The summed E-state index contributed by atoms with van der Waals surface area (Å²) in [7, 11) is 0. The molecule has 2 aliphatic heterocycles. The Labute approximate surface area is 125 Å². The standard InChI is InChI=1S/C17H33N3/c1-3-10-18-16-8-4-5-9-17(16)20-13-15-7-6-11-19(15)12-14(20)2/h14-18H,3-13H2,1-2H3. The summed E-state index contributed by atoms with van der Waals surface area (Å²) in [5, 5.41) is 3.84. The van der Waals surface area contributed by atoms with Crippen molar-refractivity contribution >= 4 is 0 Å². The molecule has 0 spiro atoms. The van der Waals surface area contributed by atoms with E-state index in [9.17, 15) is 0 Å². The van der Waals surface area contributed by atoms with E-state index in [1.54, 1.807) is 0 Å². The molecule has 116 valence electrons. The maximum Gasteiger partial charge on any atom is 0.0253 e. The summed E-state index contributed by atoms with van der Waals surface area (Å²) in [6.45, 7) is 9.92. The second-order valence-corrected chi connectivity index (χ2v) is 7.25. The Balaban J connectivity index is 1.65. The van der Waals surface area contributed by atoms with Gasteiger partial charge >= 0.3 is 0 Å². The van der Waals surface area contributed by atoms with Crippen LogP contribution in [0.5, 0.6) is 0 Å². The molecular formula is C17H33N3. The highest BCUT2D eigenvalue weighted by Gasteiger charge is 2.40. The number of rotatable bonds is 4. The Hall–Kier alpha value is -0.120. The van der Waals surface area contributed by atoms with Crippen LogP contribution in [-0.2, 0) is 0 Å². The van der Waals surface area contributed by atoms with Crippen molar-refractivity contribution in [3.05, 3.63) is 0 Å². The highest BCUT2D eigenvalue weighted by atomic mass is 15.3. The van der Waals surface area contributed by atoms with Gasteiger partial charge in [-0.05, 0) is 52.1 Å². The molecule has 3 aliphatic rings. The molecule has 3 heteroatoms. The van der Waals surface area contributed by atoms with Crippen LogP contribution in [0, 0.1) is 0 Å². The highest BCUT2D eigenvalue weighted by Crippen LogP contribution is 2.31. The first-order valence-corrected chi connectivity index (χ1v) is 9.02. The second-order valence-electron chi connectivity index (χ2n) is 7.25. The maximum atomic E-state index is 3.84. The topological polar surface area (TPSA) is 18.5 Å². The van der Waals surface area contributed by atoms with E-state index in [4.69, 9.17) is 0 Å². The molecule has 3 fully saturated rings. The normalized spacial score (nSPS) is 39.9. The van der Waals surface area contributed by atoms with Crippen LogP contribution in [0.1, 0.15) is 58.8 Å². The molecule has 1 aliphatic carbocycles. The van der Waals surface area contributed by atoms with Gasteiger partial charge in [-0.15, -0.1) is 0 Å². The van der Waals surface area contributed by atoms with Crippen LogP contribution in [0.2, 0.25) is 0 Å². The molecule has 1 N–H and O–H groups in total. The Bertz CT molecular complexity index is 307. The predicted octanol–water partition coefficient (Wildman–Crippen LogP) is 2.47.